The van der Waals surface area contributed by atoms with Crippen LogP contribution in [-0.2, 0) is 12.5 Å². The van der Waals surface area contributed by atoms with Crippen molar-refractivity contribution in [2.75, 3.05) is 0 Å². The Morgan fingerprint density at radius 3 is 2.24 bits per heavy atom. The van der Waals surface area contributed by atoms with Gasteiger partial charge in [0.1, 0.15) is 18.1 Å². The highest BCUT2D eigenvalue weighted by molar-refractivity contribution is 6.12. The molecule has 34 heavy (non-hydrogen) atoms. The number of benzene rings is 4. The minimum Gasteiger partial charge on any atom is -0.309 e. The van der Waals surface area contributed by atoms with Gasteiger partial charge < -0.3 is 4.57 Å². The molecule has 0 bridgehead atoms. The maximum atomic E-state index is 2.44. The molecule has 6 aromatic rings. The van der Waals surface area contributed by atoms with E-state index in [9.17, 15) is 0 Å². The van der Waals surface area contributed by atoms with Crippen LogP contribution in [0.25, 0.3) is 44.3 Å². The number of fused-ring (bicyclic) bond motifs is 6. The molecule has 2 heterocycles. The van der Waals surface area contributed by atoms with Crippen LogP contribution >= 0.6 is 0 Å². The van der Waals surface area contributed by atoms with E-state index in [4.69, 9.17) is 0 Å². The zero-order chi connectivity index (χ0) is 23.0. The van der Waals surface area contributed by atoms with E-state index in [1.807, 2.05) is 0 Å². The molecule has 0 atom stereocenters. The van der Waals surface area contributed by atoms with E-state index in [1.54, 1.807) is 0 Å². The van der Waals surface area contributed by atoms with Crippen molar-refractivity contribution in [2.24, 2.45) is 7.05 Å². The van der Waals surface area contributed by atoms with E-state index in [2.05, 4.69) is 138 Å². The third kappa shape index (κ3) is 2.55. The molecule has 3 heteroatoms. The number of hydrogen-bond acceptors (Lipinski definition) is 0. The van der Waals surface area contributed by atoms with Gasteiger partial charge >= 0.3 is 0 Å². The summed E-state index contributed by atoms with van der Waals surface area (Å²) in [4.78, 5) is 0. The van der Waals surface area contributed by atoms with Gasteiger partial charge in [-0.15, -0.1) is 0 Å². The number of nitrogens with zero attached hydrogens (tertiary/aromatic N) is 3. The molecule has 0 unspecified atom stereocenters. The lowest BCUT2D eigenvalue weighted by molar-refractivity contribution is -0.670. The molecular weight excluding hydrogens is 414 g/mol. The first kappa shape index (κ1) is 19.4. The highest BCUT2D eigenvalue weighted by Crippen LogP contribution is 2.50. The van der Waals surface area contributed by atoms with Gasteiger partial charge in [-0.2, -0.15) is 0 Å². The van der Waals surface area contributed by atoms with Gasteiger partial charge in [0.15, 0.2) is 0 Å². The summed E-state index contributed by atoms with van der Waals surface area (Å²) in [5.41, 5.74) is 10.4. The van der Waals surface area contributed by atoms with Crippen LogP contribution < -0.4 is 4.57 Å². The van der Waals surface area contributed by atoms with Crippen LogP contribution in [0.1, 0.15) is 25.0 Å². The molecule has 0 amide bonds. The predicted molar refractivity (Wildman–Crippen MR) is 139 cm³/mol. The van der Waals surface area contributed by atoms with Crippen molar-refractivity contribution in [3.63, 3.8) is 0 Å². The molecule has 164 valence electrons. The van der Waals surface area contributed by atoms with Crippen LogP contribution in [0.15, 0.2) is 104 Å². The Morgan fingerprint density at radius 2 is 1.44 bits per heavy atom. The lowest BCUT2D eigenvalue weighted by atomic mass is 9.82. The summed E-state index contributed by atoms with van der Waals surface area (Å²) in [6.45, 7) is 4.70. The molecule has 1 aliphatic rings. The van der Waals surface area contributed by atoms with Gasteiger partial charge in [0.05, 0.1) is 18.1 Å². The zero-order valence-electron chi connectivity index (χ0n) is 19.7. The third-order valence-electron chi connectivity index (χ3n) is 7.53. The molecule has 0 aliphatic heterocycles. The van der Waals surface area contributed by atoms with Crippen molar-refractivity contribution in [3.8, 4) is 22.5 Å². The summed E-state index contributed by atoms with van der Waals surface area (Å²) in [6.07, 6.45) is 6.28. The van der Waals surface area contributed by atoms with Crippen molar-refractivity contribution in [3.05, 3.63) is 115 Å². The Labute approximate surface area is 199 Å². The van der Waals surface area contributed by atoms with Gasteiger partial charge in [-0.1, -0.05) is 56.3 Å². The smallest absolute Gasteiger partial charge is 0.248 e. The van der Waals surface area contributed by atoms with Crippen molar-refractivity contribution < 1.29 is 4.57 Å². The minimum atomic E-state index is -0.0247. The molecule has 2 aromatic heterocycles. The summed E-state index contributed by atoms with van der Waals surface area (Å²) in [7, 11) is 2.05. The van der Waals surface area contributed by atoms with E-state index in [0.29, 0.717) is 0 Å². The molecule has 3 nitrogen and oxygen atoms in total. The maximum Gasteiger partial charge on any atom is 0.248 e. The fraction of sp³-hybridized carbons (Fsp3) is 0.129. The molecule has 0 saturated heterocycles. The SMILES string of the molecule is C[n+]1ccn(-c2ccc3c(c2)c2cc4c(cc2n3-c2ccccc2)C(C)(C)c2ccccc2-4)c1. The first-order valence-corrected chi connectivity index (χ1v) is 11.8. The lowest BCUT2D eigenvalue weighted by Gasteiger charge is -2.21. The largest absolute Gasteiger partial charge is 0.309 e. The fourth-order valence-corrected chi connectivity index (χ4v) is 5.82. The molecule has 0 fully saturated rings. The Balaban J connectivity index is 1.61. The quantitative estimate of drug-likeness (QED) is 0.266. The zero-order valence-corrected chi connectivity index (χ0v) is 19.7. The van der Waals surface area contributed by atoms with Gasteiger partial charge in [-0.3, -0.25) is 0 Å². The number of para-hydroxylation sites is 1. The molecular formula is C31H26N3+. The Hall–Kier alpha value is -4.11. The van der Waals surface area contributed by atoms with Gasteiger partial charge in [-0.05, 0) is 64.7 Å². The molecule has 0 saturated carbocycles. The highest BCUT2D eigenvalue weighted by Gasteiger charge is 2.36. The van der Waals surface area contributed by atoms with E-state index in [0.717, 1.165) is 0 Å². The van der Waals surface area contributed by atoms with Gasteiger partial charge in [0.25, 0.3) is 0 Å². The number of rotatable bonds is 2. The van der Waals surface area contributed by atoms with Gasteiger partial charge in [-0.25, -0.2) is 9.13 Å². The predicted octanol–water partition coefficient (Wildman–Crippen LogP) is 6.71. The topological polar surface area (TPSA) is 13.7 Å². The van der Waals surface area contributed by atoms with Crippen LogP contribution in [0.3, 0.4) is 0 Å². The van der Waals surface area contributed by atoms with E-state index in [-0.39, 0.29) is 5.41 Å². The monoisotopic (exact) mass is 440 g/mol. The average molecular weight is 441 g/mol. The van der Waals surface area contributed by atoms with Crippen LogP contribution in [0.5, 0.6) is 0 Å². The average Bonchev–Trinajstić information content (AvgIpc) is 3.50. The number of aromatic nitrogens is 3. The first-order valence-electron chi connectivity index (χ1n) is 11.8. The van der Waals surface area contributed by atoms with Crippen molar-refractivity contribution in [1.29, 1.82) is 0 Å². The number of aryl methyl sites for hydroxylation is 1. The van der Waals surface area contributed by atoms with Crippen LogP contribution in [0.4, 0.5) is 0 Å². The van der Waals surface area contributed by atoms with E-state index >= 15 is 0 Å². The van der Waals surface area contributed by atoms with Crippen molar-refractivity contribution in [2.45, 2.75) is 19.3 Å². The maximum absolute atomic E-state index is 2.44. The second kappa shape index (κ2) is 6.71. The second-order valence-electron chi connectivity index (χ2n) is 9.94. The van der Waals surface area contributed by atoms with Gasteiger partial charge in [0.2, 0.25) is 6.33 Å². The van der Waals surface area contributed by atoms with Crippen LogP contribution in [0, 0.1) is 0 Å². The van der Waals surface area contributed by atoms with E-state index < -0.39 is 0 Å². The first-order chi connectivity index (χ1) is 16.5. The summed E-state index contributed by atoms with van der Waals surface area (Å²) < 4.78 is 6.67. The van der Waals surface area contributed by atoms with Crippen molar-refractivity contribution >= 4 is 21.8 Å². The molecule has 0 spiro atoms. The molecule has 0 N–H and O–H groups in total. The fourth-order valence-electron chi connectivity index (χ4n) is 5.82. The standard InChI is InChI=1S/C31H26N3/c1-31(2)27-12-8-7-11-23(27)24-18-26-25-17-22(33-16-15-32(3)20-33)13-14-29(25)34(30(26)19-28(24)31)21-9-5-4-6-10-21/h4-20H,1-3H3/q+1. The van der Waals surface area contributed by atoms with Gasteiger partial charge in [0, 0.05) is 21.9 Å². The summed E-state index contributed by atoms with van der Waals surface area (Å²) in [5, 5.41) is 2.57. The minimum absolute atomic E-state index is 0.0247. The Morgan fingerprint density at radius 1 is 0.676 bits per heavy atom. The molecule has 0 radical (unpaired) electrons. The number of imidazole rings is 1. The van der Waals surface area contributed by atoms with Crippen LogP contribution in [-0.4, -0.2) is 9.13 Å². The number of hydrogen-bond donors (Lipinski definition) is 0. The summed E-state index contributed by atoms with van der Waals surface area (Å²) in [6, 6.07) is 31.3. The Bertz CT molecular complexity index is 1730. The molecule has 1 aliphatic carbocycles. The van der Waals surface area contributed by atoms with Crippen molar-refractivity contribution in [1.82, 2.24) is 9.13 Å². The third-order valence-corrected chi connectivity index (χ3v) is 7.53. The Kier molecular flexibility index (Phi) is 3.82. The molecule has 4 aromatic carbocycles. The lowest BCUT2D eigenvalue weighted by Crippen LogP contribution is -2.23. The normalized spacial score (nSPS) is 14.0. The highest BCUT2D eigenvalue weighted by atomic mass is 15.1. The molecule has 7 rings (SSSR count). The summed E-state index contributed by atoms with van der Waals surface area (Å²) >= 11 is 0. The van der Waals surface area contributed by atoms with E-state index in [1.165, 1.54) is 55.4 Å². The second-order valence-corrected chi connectivity index (χ2v) is 9.94. The summed E-state index contributed by atoms with van der Waals surface area (Å²) in [5.74, 6) is 0. The van der Waals surface area contributed by atoms with Crippen LogP contribution in [0.2, 0.25) is 0 Å².